The third kappa shape index (κ3) is 1.61. The van der Waals surface area contributed by atoms with Gasteiger partial charge in [0, 0.05) is 27.8 Å². The van der Waals surface area contributed by atoms with Gasteiger partial charge in [-0.15, -0.1) is 0 Å². The fourth-order valence-corrected chi connectivity index (χ4v) is 2.13. The maximum atomic E-state index is 5.85. The van der Waals surface area contributed by atoms with Crippen LogP contribution in [0.25, 0.3) is 10.9 Å². The lowest BCUT2D eigenvalue weighted by molar-refractivity contribution is 1.29. The van der Waals surface area contributed by atoms with E-state index in [-0.39, 0.29) is 0 Å². The van der Waals surface area contributed by atoms with E-state index >= 15 is 0 Å². The van der Waals surface area contributed by atoms with Gasteiger partial charge >= 0.3 is 0 Å². The minimum absolute atomic E-state index is 0.351. The molecule has 0 aliphatic carbocycles. The maximum absolute atomic E-state index is 5.85. The molecular weight excluding hydrogens is 308 g/mol. The van der Waals surface area contributed by atoms with Gasteiger partial charge in [-0.05, 0) is 40.3 Å². The Hall–Kier alpha value is -0.350. The number of aromatic nitrogens is 1. The highest BCUT2D eigenvalue weighted by molar-refractivity contribution is 14.1. The SMILES string of the molecule is [CH]c1nc2cc(Cl)ccc2c(I)c1[CH]. The first-order valence-electron chi connectivity index (χ1n) is 3.89. The van der Waals surface area contributed by atoms with Crippen molar-refractivity contribution >= 4 is 45.1 Å². The van der Waals surface area contributed by atoms with Gasteiger partial charge in [-0.25, -0.2) is 0 Å². The Morgan fingerprint density at radius 1 is 1.29 bits per heavy atom. The van der Waals surface area contributed by atoms with E-state index in [0.29, 0.717) is 16.3 Å². The lowest BCUT2D eigenvalue weighted by Gasteiger charge is -2.06. The van der Waals surface area contributed by atoms with Crippen LogP contribution in [0.15, 0.2) is 18.2 Å². The molecule has 2 rings (SSSR count). The third-order valence-corrected chi connectivity index (χ3v) is 3.35. The molecule has 0 atom stereocenters. The zero-order chi connectivity index (χ0) is 10.3. The summed E-state index contributed by atoms with van der Waals surface area (Å²) in [5.74, 6) is 0. The first kappa shape index (κ1) is 10.2. The van der Waals surface area contributed by atoms with Gasteiger partial charge in [0.15, 0.2) is 0 Å². The second-order valence-corrected chi connectivity index (χ2v) is 4.40. The van der Waals surface area contributed by atoms with Crippen molar-refractivity contribution in [1.82, 2.24) is 4.98 Å². The van der Waals surface area contributed by atoms with E-state index in [4.69, 9.17) is 25.4 Å². The Bertz CT molecular complexity index is 508. The summed E-state index contributed by atoms with van der Waals surface area (Å²) in [6.07, 6.45) is 0. The minimum Gasteiger partial charge on any atom is -0.252 e. The Balaban J connectivity index is 2.91. The molecule has 1 aromatic heterocycles. The van der Waals surface area contributed by atoms with Crippen LogP contribution in [0, 0.1) is 17.4 Å². The van der Waals surface area contributed by atoms with Crippen molar-refractivity contribution in [1.29, 1.82) is 0 Å². The van der Waals surface area contributed by atoms with Crippen LogP contribution in [0.3, 0.4) is 0 Å². The molecule has 0 spiro atoms. The fourth-order valence-electron chi connectivity index (χ4n) is 1.23. The second-order valence-electron chi connectivity index (χ2n) is 2.89. The first-order valence-corrected chi connectivity index (χ1v) is 5.35. The third-order valence-electron chi connectivity index (χ3n) is 1.95. The molecule has 0 unspecified atom stereocenters. The first-order chi connectivity index (χ1) is 6.59. The second kappa shape index (κ2) is 3.66. The summed E-state index contributed by atoms with van der Waals surface area (Å²) in [4.78, 5) is 4.16. The van der Waals surface area contributed by atoms with Crippen LogP contribution >= 0.6 is 34.2 Å². The molecule has 0 bridgehead atoms. The highest BCUT2D eigenvalue weighted by Gasteiger charge is 2.06. The maximum Gasteiger partial charge on any atom is 0.0731 e. The zero-order valence-electron chi connectivity index (χ0n) is 7.09. The summed E-state index contributed by atoms with van der Waals surface area (Å²) in [6, 6.07) is 5.47. The predicted molar refractivity (Wildman–Crippen MR) is 66.3 cm³/mol. The van der Waals surface area contributed by atoms with Crippen molar-refractivity contribution in [2.24, 2.45) is 0 Å². The van der Waals surface area contributed by atoms with Crippen LogP contribution in [-0.2, 0) is 0 Å². The van der Waals surface area contributed by atoms with Gasteiger partial charge in [-0.3, -0.25) is 4.98 Å². The van der Waals surface area contributed by atoms with Crippen molar-refractivity contribution in [3.05, 3.63) is 51.9 Å². The van der Waals surface area contributed by atoms with Crippen LogP contribution in [0.2, 0.25) is 5.02 Å². The number of benzene rings is 1. The van der Waals surface area contributed by atoms with E-state index in [2.05, 4.69) is 27.6 Å². The molecule has 0 N–H and O–H groups in total. The van der Waals surface area contributed by atoms with Crippen molar-refractivity contribution in [3.8, 4) is 0 Å². The largest absolute Gasteiger partial charge is 0.252 e. The molecule has 0 saturated carbocycles. The molecule has 0 fully saturated rings. The van der Waals surface area contributed by atoms with Gasteiger partial charge < -0.3 is 0 Å². The average molecular weight is 314 g/mol. The Morgan fingerprint density at radius 2 is 2.00 bits per heavy atom. The summed E-state index contributed by atoms with van der Waals surface area (Å²) in [6.45, 7) is 11.4. The van der Waals surface area contributed by atoms with Crippen molar-refractivity contribution in [2.75, 3.05) is 0 Å². The van der Waals surface area contributed by atoms with Gasteiger partial charge in [0.25, 0.3) is 0 Å². The monoisotopic (exact) mass is 313 g/mol. The molecule has 2 aromatic rings. The van der Waals surface area contributed by atoms with Gasteiger partial charge in [-0.2, -0.15) is 0 Å². The van der Waals surface area contributed by atoms with Crippen molar-refractivity contribution < 1.29 is 0 Å². The van der Waals surface area contributed by atoms with Gasteiger partial charge in [0.2, 0.25) is 0 Å². The van der Waals surface area contributed by atoms with E-state index in [1.165, 1.54) is 0 Å². The minimum atomic E-state index is 0.351. The van der Waals surface area contributed by atoms with Gasteiger partial charge in [0.05, 0.1) is 11.2 Å². The van der Waals surface area contributed by atoms with Gasteiger partial charge in [-0.1, -0.05) is 17.7 Å². The van der Waals surface area contributed by atoms with Crippen molar-refractivity contribution in [3.63, 3.8) is 0 Å². The summed E-state index contributed by atoms with van der Waals surface area (Å²) >= 11 is 8.00. The average Bonchev–Trinajstić information content (AvgIpc) is 2.14. The lowest BCUT2D eigenvalue weighted by Crippen LogP contribution is -1.93. The van der Waals surface area contributed by atoms with Crippen LogP contribution in [0.4, 0.5) is 0 Å². The lowest BCUT2D eigenvalue weighted by atomic mass is 10.1. The van der Waals surface area contributed by atoms with Crippen LogP contribution in [-0.4, -0.2) is 4.98 Å². The van der Waals surface area contributed by atoms with E-state index in [9.17, 15) is 0 Å². The quantitative estimate of drug-likeness (QED) is 0.677. The number of hydrogen-bond donors (Lipinski definition) is 0. The molecule has 68 valence electrons. The molecule has 4 radical (unpaired) electrons. The van der Waals surface area contributed by atoms with Crippen LogP contribution in [0.1, 0.15) is 11.3 Å². The van der Waals surface area contributed by atoms with E-state index in [1.807, 2.05) is 12.1 Å². The van der Waals surface area contributed by atoms with Crippen LogP contribution in [0.5, 0.6) is 0 Å². The summed E-state index contributed by atoms with van der Waals surface area (Å²) in [5.41, 5.74) is 1.65. The highest BCUT2D eigenvalue weighted by atomic mass is 127. The van der Waals surface area contributed by atoms with E-state index in [1.54, 1.807) is 6.07 Å². The number of rotatable bonds is 0. The Labute approximate surface area is 102 Å². The molecule has 14 heavy (non-hydrogen) atoms. The summed E-state index contributed by atoms with van der Waals surface area (Å²) in [5, 5.41) is 1.62. The fraction of sp³-hybridized carbons (Fsp3) is 0. The van der Waals surface area contributed by atoms with Crippen LogP contribution < -0.4 is 0 Å². The Kier molecular flexibility index (Phi) is 2.66. The van der Waals surface area contributed by atoms with Crippen molar-refractivity contribution in [2.45, 2.75) is 0 Å². The number of nitrogens with zero attached hydrogens (tertiary/aromatic N) is 1. The topological polar surface area (TPSA) is 12.9 Å². The van der Waals surface area contributed by atoms with E-state index < -0.39 is 0 Å². The molecule has 1 aromatic carbocycles. The predicted octanol–water partition coefficient (Wildman–Crippen LogP) is 3.61. The van der Waals surface area contributed by atoms with E-state index in [0.717, 1.165) is 14.5 Å². The smallest absolute Gasteiger partial charge is 0.0731 e. The molecule has 0 aliphatic heterocycles. The molecule has 1 nitrogen and oxygen atoms in total. The Morgan fingerprint density at radius 3 is 2.71 bits per heavy atom. The zero-order valence-corrected chi connectivity index (χ0v) is 10.0. The number of hydrogen-bond acceptors (Lipinski definition) is 1. The summed E-state index contributed by atoms with van der Waals surface area (Å²) < 4.78 is 0.918. The highest BCUT2D eigenvalue weighted by Crippen LogP contribution is 2.26. The molecular formula is C11H5ClIN. The molecule has 0 amide bonds. The molecule has 3 heteroatoms. The number of halogens is 2. The number of fused-ring (bicyclic) bond motifs is 1. The summed E-state index contributed by atoms with van der Waals surface area (Å²) in [7, 11) is 0. The normalized spacial score (nSPS) is 10.9. The number of pyridine rings is 1. The molecule has 1 heterocycles. The molecule has 0 aliphatic rings. The molecule has 0 saturated heterocycles. The van der Waals surface area contributed by atoms with Gasteiger partial charge in [0.1, 0.15) is 0 Å². The standard InChI is InChI=1S/C11H5ClIN/c1-6-7(2)14-10-5-8(12)3-4-9(10)11(6)13/h1-5H.